The number of hydrogen-bond acceptors (Lipinski definition) is 5. The molecule has 2 aromatic rings. The van der Waals surface area contributed by atoms with Gasteiger partial charge >= 0.3 is 5.97 Å². The van der Waals surface area contributed by atoms with Gasteiger partial charge in [-0.25, -0.2) is 9.48 Å². The number of rotatable bonds is 5. The Hall–Kier alpha value is -2.90. The van der Waals surface area contributed by atoms with Gasteiger partial charge in [-0.1, -0.05) is 30.2 Å². The molecule has 1 aromatic carbocycles. The molecule has 2 heterocycles. The van der Waals surface area contributed by atoms with Crippen molar-refractivity contribution in [3.8, 4) is 5.75 Å². The number of amides is 1. The third-order valence-corrected chi connectivity index (χ3v) is 4.63. The van der Waals surface area contributed by atoms with Crippen LogP contribution in [0.2, 0.25) is 0 Å². The Morgan fingerprint density at radius 3 is 2.65 bits per heavy atom. The van der Waals surface area contributed by atoms with Crippen LogP contribution in [0.1, 0.15) is 47.8 Å². The van der Waals surface area contributed by atoms with Crippen molar-refractivity contribution in [1.29, 1.82) is 0 Å². The summed E-state index contributed by atoms with van der Waals surface area (Å²) in [6, 6.07) is 7.79. The first-order chi connectivity index (χ1) is 12.6. The molecule has 1 N–H and O–H groups in total. The fourth-order valence-corrected chi connectivity index (χ4v) is 3.28. The Balaban J connectivity index is 1.78. The molecule has 3 rings (SSSR count). The number of likely N-dealkylation sites (tertiary alicyclic amines) is 1. The molecular weight excluding hydrogens is 336 g/mol. The SMILES string of the molecule is COc1ccc(C2CCCCCN2C(=O)Cn2cc(C(=O)O)nn2)cc1. The minimum atomic E-state index is -1.16. The van der Waals surface area contributed by atoms with Gasteiger partial charge in [-0.15, -0.1) is 5.10 Å². The predicted octanol–water partition coefficient (Wildman–Crippen LogP) is 2.13. The number of carboxylic acids is 1. The van der Waals surface area contributed by atoms with Gasteiger partial charge in [0.25, 0.3) is 0 Å². The Bertz CT molecular complexity index is 772. The highest BCUT2D eigenvalue weighted by molar-refractivity contribution is 5.84. The molecule has 8 heteroatoms. The maximum absolute atomic E-state index is 12.9. The van der Waals surface area contributed by atoms with Gasteiger partial charge in [-0.05, 0) is 30.5 Å². The van der Waals surface area contributed by atoms with Crippen molar-refractivity contribution in [2.24, 2.45) is 0 Å². The largest absolute Gasteiger partial charge is 0.497 e. The number of carbonyl (C=O) groups excluding carboxylic acids is 1. The second kappa shape index (κ2) is 7.99. The first-order valence-electron chi connectivity index (χ1n) is 8.65. The van der Waals surface area contributed by atoms with Crippen molar-refractivity contribution < 1.29 is 19.4 Å². The second-order valence-corrected chi connectivity index (χ2v) is 6.33. The van der Waals surface area contributed by atoms with E-state index in [-0.39, 0.29) is 24.2 Å². The Labute approximate surface area is 151 Å². The molecule has 1 aliphatic heterocycles. The molecule has 1 fully saturated rings. The molecule has 1 atom stereocenters. The molecule has 1 amide bonds. The Morgan fingerprint density at radius 2 is 2.00 bits per heavy atom. The zero-order chi connectivity index (χ0) is 18.5. The third-order valence-electron chi connectivity index (χ3n) is 4.63. The quantitative estimate of drug-likeness (QED) is 0.879. The number of benzene rings is 1. The first kappa shape index (κ1) is 17.9. The third kappa shape index (κ3) is 4.01. The van der Waals surface area contributed by atoms with E-state index in [1.165, 1.54) is 10.9 Å². The van der Waals surface area contributed by atoms with Crippen molar-refractivity contribution >= 4 is 11.9 Å². The van der Waals surface area contributed by atoms with Crippen LogP contribution in [0.15, 0.2) is 30.5 Å². The molecule has 1 aliphatic rings. The average Bonchev–Trinajstić information content (AvgIpc) is 2.97. The minimum absolute atomic E-state index is 0.00151. The van der Waals surface area contributed by atoms with E-state index in [4.69, 9.17) is 9.84 Å². The summed E-state index contributed by atoms with van der Waals surface area (Å²) in [6.45, 7) is 0.656. The normalized spacial score (nSPS) is 17.6. The van der Waals surface area contributed by atoms with E-state index < -0.39 is 5.97 Å². The average molecular weight is 358 g/mol. The van der Waals surface area contributed by atoms with Gasteiger partial charge in [0.05, 0.1) is 19.3 Å². The van der Waals surface area contributed by atoms with Gasteiger partial charge < -0.3 is 14.7 Å². The molecule has 1 saturated heterocycles. The van der Waals surface area contributed by atoms with E-state index in [9.17, 15) is 9.59 Å². The van der Waals surface area contributed by atoms with Crippen LogP contribution >= 0.6 is 0 Å². The lowest BCUT2D eigenvalue weighted by molar-refractivity contribution is -0.134. The van der Waals surface area contributed by atoms with Crippen LogP contribution < -0.4 is 4.74 Å². The number of carbonyl (C=O) groups is 2. The number of ether oxygens (including phenoxy) is 1. The topological polar surface area (TPSA) is 97.5 Å². The molecule has 138 valence electrons. The van der Waals surface area contributed by atoms with Gasteiger partial charge in [0, 0.05) is 6.54 Å². The van der Waals surface area contributed by atoms with Gasteiger partial charge in [-0.3, -0.25) is 4.79 Å². The van der Waals surface area contributed by atoms with Crippen LogP contribution in [0.5, 0.6) is 5.75 Å². The zero-order valence-electron chi connectivity index (χ0n) is 14.7. The molecule has 1 aromatic heterocycles. The van der Waals surface area contributed by atoms with Gasteiger partial charge in [0.1, 0.15) is 12.3 Å². The van der Waals surface area contributed by atoms with Crippen LogP contribution in [0, 0.1) is 0 Å². The maximum Gasteiger partial charge on any atom is 0.358 e. The Morgan fingerprint density at radius 1 is 1.23 bits per heavy atom. The molecule has 26 heavy (non-hydrogen) atoms. The summed E-state index contributed by atoms with van der Waals surface area (Å²) >= 11 is 0. The fourth-order valence-electron chi connectivity index (χ4n) is 3.28. The van der Waals surface area contributed by atoms with Crippen LogP contribution in [0.25, 0.3) is 0 Å². The van der Waals surface area contributed by atoms with Crippen LogP contribution in [-0.2, 0) is 11.3 Å². The van der Waals surface area contributed by atoms with Crippen molar-refractivity contribution in [3.05, 3.63) is 41.7 Å². The summed E-state index contributed by atoms with van der Waals surface area (Å²) in [4.78, 5) is 25.7. The highest BCUT2D eigenvalue weighted by Crippen LogP contribution is 2.31. The smallest absolute Gasteiger partial charge is 0.358 e. The summed E-state index contributed by atoms with van der Waals surface area (Å²) in [7, 11) is 1.62. The number of methoxy groups -OCH3 is 1. The molecule has 8 nitrogen and oxygen atoms in total. The predicted molar refractivity (Wildman–Crippen MR) is 92.9 cm³/mol. The van der Waals surface area contributed by atoms with Gasteiger partial charge in [0.2, 0.25) is 5.91 Å². The van der Waals surface area contributed by atoms with E-state index in [1.54, 1.807) is 7.11 Å². The highest BCUT2D eigenvalue weighted by Gasteiger charge is 2.27. The van der Waals surface area contributed by atoms with Crippen LogP contribution in [0.4, 0.5) is 0 Å². The van der Waals surface area contributed by atoms with Crippen molar-refractivity contribution in [2.75, 3.05) is 13.7 Å². The van der Waals surface area contributed by atoms with E-state index in [1.807, 2.05) is 29.2 Å². The van der Waals surface area contributed by atoms with E-state index in [0.717, 1.165) is 37.0 Å². The second-order valence-electron chi connectivity index (χ2n) is 6.33. The number of nitrogens with zero attached hydrogens (tertiary/aromatic N) is 4. The zero-order valence-corrected chi connectivity index (χ0v) is 14.7. The lowest BCUT2D eigenvalue weighted by Crippen LogP contribution is -2.37. The number of hydrogen-bond donors (Lipinski definition) is 1. The molecular formula is C18H22N4O4. The van der Waals surface area contributed by atoms with Crippen molar-refractivity contribution in [2.45, 2.75) is 38.3 Å². The Kier molecular flexibility index (Phi) is 5.50. The summed E-state index contributed by atoms with van der Waals surface area (Å²) in [5, 5.41) is 16.2. The fraction of sp³-hybridized carbons (Fsp3) is 0.444. The highest BCUT2D eigenvalue weighted by atomic mass is 16.5. The van der Waals surface area contributed by atoms with E-state index >= 15 is 0 Å². The number of aromatic nitrogens is 3. The van der Waals surface area contributed by atoms with Crippen LogP contribution in [-0.4, -0.2) is 50.5 Å². The van der Waals surface area contributed by atoms with E-state index in [0.29, 0.717) is 6.54 Å². The van der Waals surface area contributed by atoms with Crippen LogP contribution in [0.3, 0.4) is 0 Å². The molecule has 0 spiro atoms. The monoisotopic (exact) mass is 358 g/mol. The van der Waals surface area contributed by atoms with E-state index in [2.05, 4.69) is 10.3 Å². The maximum atomic E-state index is 12.9. The molecule has 0 saturated carbocycles. The summed E-state index contributed by atoms with van der Waals surface area (Å²) in [5.41, 5.74) is 0.909. The first-order valence-corrected chi connectivity index (χ1v) is 8.65. The standard InChI is InChI=1S/C18H22N4O4/c1-26-14-8-6-13(7-9-14)16-5-3-2-4-10-22(16)17(23)12-21-11-15(18(24)25)19-20-21/h6-9,11,16H,2-5,10,12H2,1H3,(H,24,25). The number of carboxylic acid groups (broad SMARTS) is 1. The molecule has 0 aliphatic carbocycles. The lowest BCUT2D eigenvalue weighted by Gasteiger charge is -2.30. The minimum Gasteiger partial charge on any atom is -0.497 e. The molecule has 1 unspecified atom stereocenters. The van der Waals surface area contributed by atoms with Crippen molar-refractivity contribution in [3.63, 3.8) is 0 Å². The summed E-state index contributed by atoms with van der Waals surface area (Å²) < 4.78 is 6.49. The summed E-state index contributed by atoms with van der Waals surface area (Å²) in [5.74, 6) is -0.465. The number of aromatic carboxylic acids is 1. The molecule has 0 radical (unpaired) electrons. The molecule has 0 bridgehead atoms. The van der Waals surface area contributed by atoms with Gasteiger partial charge in [0.15, 0.2) is 5.69 Å². The van der Waals surface area contributed by atoms with Crippen molar-refractivity contribution in [1.82, 2.24) is 19.9 Å². The van der Waals surface area contributed by atoms with Gasteiger partial charge in [-0.2, -0.15) is 0 Å². The summed E-state index contributed by atoms with van der Waals surface area (Å²) in [6.07, 6.45) is 5.28. The lowest BCUT2D eigenvalue weighted by atomic mass is 10.0.